The van der Waals surface area contributed by atoms with Gasteiger partial charge in [-0.15, -0.1) is 35.0 Å². The molecule has 0 amide bonds. The number of hydrogen-bond acceptors (Lipinski definition) is 2. The van der Waals surface area contributed by atoms with Gasteiger partial charge in [-0.3, -0.25) is 0 Å². The van der Waals surface area contributed by atoms with E-state index in [9.17, 15) is 0 Å². The van der Waals surface area contributed by atoms with E-state index < -0.39 is 0 Å². The first-order valence-electron chi connectivity index (χ1n) is 4.79. The van der Waals surface area contributed by atoms with Gasteiger partial charge in [0.05, 0.1) is 11.5 Å². The maximum atomic E-state index is 6.31. The summed E-state index contributed by atoms with van der Waals surface area (Å²) in [6.45, 7) is 0. The Morgan fingerprint density at radius 2 is 2.31 bits per heavy atom. The molecule has 0 aromatic carbocycles. The number of hydrogen-bond donors (Lipinski definition) is 0. The molecule has 2 rings (SSSR count). The van der Waals surface area contributed by atoms with Crippen molar-refractivity contribution in [3.8, 4) is 0 Å². The van der Waals surface area contributed by atoms with E-state index in [0.717, 1.165) is 18.6 Å². The standard InChI is InChI=1S/C9H14Cl2OS/c10-5-7-6-13-9(12-7)4-2-1-3-8(9)11/h7-8H,1-6H2. The molecule has 3 atom stereocenters. The molecule has 0 N–H and O–H groups in total. The summed E-state index contributed by atoms with van der Waals surface area (Å²) < 4.78 is 5.95. The monoisotopic (exact) mass is 240 g/mol. The van der Waals surface area contributed by atoms with Crippen molar-refractivity contribution in [3.63, 3.8) is 0 Å². The van der Waals surface area contributed by atoms with Crippen molar-refractivity contribution in [2.45, 2.75) is 42.1 Å². The second-order valence-corrected chi connectivity index (χ2v) is 5.88. The molecule has 4 heteroatoms. The van der Waals surface area contributed by atoms with Crippen LogP contribution in [-0.4, -0.2) is 28.0 Å². The lowest BCUT2D eigenvalue weighted by atomic mass is 9.96. The van der Waals surface area contributed by atoms with Gasteiger partial charge < -0.3 is 4.74 Å². The van der Waals surface area contributed by atoms with Gasteiger partial charge in [0.1, 0.15) is 4.93 Å². The smallest absolute Gasteiger partial charge is 0.130 e. The predicted octanol–water partition coefficient (Wildman–Crippen LogP) is 3.23. The molecule has 3 unspecified atom stereocenters. The van der Waals surface area contributed by atoms with Crippen LogP contribution in [0.3, 0.4) is 0 Å². The molecule has 1 aliphatic heterocycles. The van der Waals surface area contributed by atoms with Gasteiger partial charge in [0.15, 0.2) is 0 Å². The Balaban J connectivity index is 2.03. The molecule has 2 fully saturated rings. The molecular weight excluding hydrogens is 227 g/mol. The Morgan fingerprint density at radius 3 is 2.92 bits per heavy atom. The Kier molecular flexibility index (Phi) is 3.34. The zero-order chi connectivity index (χ0) is 9.31. The summed E-state index contributed by atoms with van der Waals surface area (Å²) in [7, 11) is 0. The van der Waals surface area contributed by atoms with Gasteiger partial charge in [0, 0.05) is 11.6 Å². The number of rotatable bonds is 1. The molecule has 0 bridgehead atoms. The first kappa shape index (κ1) is 10.4. The van der Waals surface area contributed by atoms with Crippen molar-refractivity contribution in [1.82, 2.24) is 0 Å². The average molecular weight is 241 g/mol. The molecule has 1 saturated carbocycles. The number of alkyl halides is 2. The van der Waals surface area contributed by atoms with Crippen LogP contribution in [-0.2, 0) is 4.74 Å². The Bertz CT molecular complexity index is 190. The summed E-state index contributed by atoms with van der Waals surface area (Å²) in [4.78, 5) is -0.0979. The minimum atomic E-state index is -0.0979. The van der Waals surface area contributed by atoms with Gasteiger partial charge in [-0.2, -0.15) is 0 Å². The van der Waals surface area contributed by atoms with E-state index >= 15 is 0 Å². The normalized spacial score (nSPS) is 45.7. The first-order valence-corrected chi connectivity index (χ1v) is 6.74. The van der Waals surface area contributed by atoms with Crippen LogP contribution in [0, 0.1) is 0 Å². The average Bonchev–Trinajstić information content (AvgIpc) is 2.56. The van der Waals surface area contributed by atoms with E-state index in [1.54, 1.807) is 0 Å². The van der Waals surface area contributed by atoms with Gasteiger partial charge >= 0.3 is 0 Å². The highest BCUT2D eigenvalue weighted by Gasteiger charge is 2.47. The number of halogens is 2. The minimum absolute atomic E-state index is 0.0979. The second kappa shape index (κ2) is 4.18. The summed E-state index contributed by atoms with van der Waals surface area (Å²) in [6, 6.07) is 0. The molecule has 2 aliphatic rings. The van der Waals surface area contributed by atoms with Gasteiger partial charge in [-0.1, -0.05) is 6.42 Å². The van der Waals surface area contributed by atoms with E-state index in [4.69, 9.17) is 27.9 Å². The lowest BCUT2D eigenvalue weighted by Gasteiger charge is -2.36. The molecule has 1 heterocycles. The number of ether oxygens (including phenoxy) is 1. The van der Waals surface area contributed by atoms with Gasteiger partial charge in [0.25, 0.3) is 0 Å². The van der Waals surface area contributed by atoms with E-state index in [0.29, 0.717) is 5.88 Å². The van der Waals surface area contributed by atoms with Crippen LogP contribution >= 0.6 is 35.0 Å². The van der Waals surface area contributed by atoms with Crippen molar-refractivity contribution in [1.29, 1.82) is 0 Å². The molecule has 0 aromatic heterocycles. The third-order valence-electron chi connectivity index (χ3n) is 2.76. The summed E-state index contributed by atoms with van der Waals surface area (Å²) in [5.74, 6) is 1.60. The topological polar surface area (TPSA) is 9.23 Å². The van der Waals surface area contributed by atoms with E-state index in [1.807, 2.05) is 11.8 Å². The van der Waals surface area contributed by atoms with Gasteiger partial charge in [-0.25, -0.2) is 0 Å². The van der Waals surface area contributed by atoms with Gasteiger partial charge in [0.2, 0.25) is 0 Å². The largest absolute Gasteiger partial charge is 0.357 e. The van der Waals surface area contributed by atoms with E-state index in [1.165, 1.54) is 12.8 Å². The molecule has 1 saturated heterocycles. The Hall–Kier alpha value is 0.890. The highest BCUT2D eigenvalue weighted by Crippen LogP contribution is 2.49. The molecule has 1 nitrogen and oxygen atoms in total. The SMILES string of the molecule is ClCC1CSC2(CCCCC2Cl)O1. The summed E-state index contributed by atoms with van der Waals surface area (Å²) >= 11 is 14.0. The third-order valence-corrected chi connectivity index (χ3v) is 5.42. The lowest BCUT2D eigenvalue weighted by molar-refractivity contribution is -0.0152. The predicted molar refractivity (Wildman–Crippen MR) is 58.9 cm³/mol. The van der Waals surface area contributed by atoms with E-state index in [-0.39, 0.29) is 16.4 Å². The molecule has 13 heavy (non-hydrogen) atoms. The van der Waals surface area contributed by atoms with Crippen LogP contribution in [0.1, 0.15) is 25.7 Å². The highest BCUT2D eigenvalue weighted by molar-refractivity contribution is 8.00. The second-order valence-electron chi connectivity index (χ2n) is 3.73. The van der Waals surface area contributed by atoms with Crippen LogP contribution in [0.25, 0.3) is 0 Å². The minimum Gasteiger partial charge on any atom is -0.357 e. The lowest BCUT2D eigenvalue weighted by Crippen LogP contribution is -2.39. The van der Waals surface area contributed by atoms with Crippen molar-refractivity contribution < 1.29 is 4.74 Å². The maximum absolute atomic E-state index is 6.31. The molecule has 1 spiro atoms. The fourth-order valence-electron chi connectivity index (χ4n) is 2.03. The maximum Gasteiger partial charge on any atom is 0.130 e. The summed E-state index contributed by atoms with van der Waals surface area (Å²) in [5, 5.41) is 0.180. The van der Waals surface area contributed by atoms with Crippen LogP contribution < -0.4 is 0 Å². The zero-order valence-corrected chi connectivity index (χ0v) is 9.80. The van der Waals surface area contributed by atoms with Crippen LogP contribution in [0.15, 0.2) is 0 Å². The van der Waals surface area contributed by atoms with Crippen molar-refractivity contribution >= 4 is 35.0 Å². The first-order chi connectivity index (χ1) is 6.27. The van der Waals surface area contributed by atoms with Crippen molar-refractivity contribution in [3.05, 3.63) is 0 Å². The van der Waals surface area contributed by atoms with Crippen LogP contribution in [0.4, 0.5) is 0 Å². The summed E-state index contributed by atoms with van der Waals surface area (Å²) in [6.07, 6.45) is 4.88. The Morgan fingerprint density at radius 1 is 1.46 bits per heavy atom. The summed E-state index contributed by atoms with van der Waals surface area (Å²) in [5.41, 5.74) is 0. The fourth-order valence-corrected chi connectivity index (χ4v) is 4.28. The number of thioether (sulfide) groups is 1. The molecule has 0 aromatic rings. The molecule has 1 aliphatic carbocycles. The van der Waals surface area contributed by atoms with Crippen LogP contribution in [0.2, 0.25) is 0 Å². The molecule has 0 radical (unpaired) electrons. The van der Waals surface area contributed by atoms with Gasteiger partial charge in [-0.05, 0) is 19.3 Å². The third kappa shape index (κ3) is 1.97. The van der Waals surface area contributed by atoms with Crippen LogP contribution in [0.5, 0.6) is 0 Å². The fraction of sp³-hybridized carbons (Fsp3) is 1.00. The molecule has 76 valence electrons. The van der Waals surface area contributed by atoms with Crippen molar-refractivity contribution in [2.75, 3.05) is 11.6 Å². The quantitative estimate of drug-likeness (QED) is 0.652. The Labute approximate surface area is 93.5 Å². The molecular formula is C9H14Cl2OS. The zero-order valence-electron chi connectivity index (χ0n) is 7.47. The van der Waals surface area contributed by atoms with E-state index in [2.05, 4.69) is 0 Å². The highest BCUT2D eigenvalue weighted by atomic mass is 35.5. The van der Waals surface area contributed by atoms with Crippen molar-refractivity contribution in [2.24, 2.45) is 0 Å².